The first-order valence-corrected chi connectivity index (χ1v) is 11.5. The van der Waals surface area contributed by atoms with Gasteiger partial charge in [0, 0.05) is 18.0 Å². The zero-order chi connectivity index (χ0) is 24.1. The molecule has 2 aliphatic rings. The molecule has 1 fully saturated rings. The Morgan fingerprint density at radius 3 is 2.74 bits per heavy atom. The molecule has 178 valence electrons. The van der Waals surface area contributed by atoms with Crippen LogP contribution in [0.3, 0.4) is 0 Å². The van der Waals surface area contributed by atoms with E-state index in [1.807, 2.05) is 56.6 Å². The van der Waals surface area contributed by atoms with Crippen LogP contribution < -0.4 is 10.1 Å². The van der Waals surface area contributed by atoms with Crippen molar-refractivity contribution in [1.29, 1.82) is 0 Å². The number of carbonyl (C=O) groups is 2. The number of imidazole rings is 1. The number of amides is 2. The summed E-state index contributed by atoms with van der Waals surface area (Å²) < 4.78 is 13.5. The van der Waals surface area contributed by atoms with E-state index in [9.17, 15) is 9.59 Å². The van der Waals surface area contributed by atoms with Crippen LogP contribution in [0.5, 0.6) is 5.75 Å². The van der Waals surface area contributed by atoms with E-state index in [2.05, 4.69) is 15.3 Å². The van der Waals surface area contributed by atoms with Crippen LogP contribution >= 0.6 is 0 Å². The van der Waals surface area contributed by atoms with Crippen molar-refractivity contribution in [3.63, 3.8) is 0 Å². The van der Waals surface area contributed by atoms with Crippen molar-refractivity contribution in [3.8, 4) is 5.75 Å². The Bertz CT molecular complexity index is 1270. The molecule has 0 radical (unpaired) electrons. The molecule has 4 heterocycles. The summed E-state index contributed by atoms with van der Waals surface area (Å²) in [5.74, 6) is 0.911. The Morgan fingerprint density at radius 1 is 1.21 bits per heavy atom. The maximum atomic E-state index is 13.4. The molecule has 9 nitrogen and oxygen atoms in total. The second-order valence-corrected chi connectivity index (χ2v) is 9.96. The van der Waals surface area contributed by atoms with E-state index in [1.54, 1.807) is 17.2 Å². The molecular formula is C25H29N5O4. The number of nitrogens with zero attached hydrogens (tertiary/aromatic N) is 4. The van der Waals surface area contributed by atoms with Crippen molar-refractivity contribution < 1.29 is 19.1 Å². The van der Waals surface area contributed by atoms with Crippen LogP contribution in [-0.2, 0) is 16.8 Å². The first-order valence-electron chi connectivity index (χ1n) is 11.5. The van der Waals surface area contributed by atoms with Gasteiger partial charge in [0.15, 0.2) is 11.4 Å². The van der Waals surface area contributed by atoms with Gasteiger partial charge in [-0.1, -0.05) is 6.07 Å². The van der Waals surface area contributed by atoms with Gasteiger partial charge in [-0.15, -0.1) is 0 Å². The number of rotatable bonds is 3. The normalized spacial score (nSPS) is 16.9. The second-order valence-electron chi connectivity index (χ2n) is 9.96. The zero-order valence-electron chi connectivity index (χ0n) is 19.9. The maximum Gasteiger partial charge on any atom is 0.410 e. The van der Waals surface area contributed by atoms with E-state index < -0.39 is 17.2 Å². The van der Waals surface area contributed by atoms with E-state index in [0.29, 0.717) is 12.3 Å². The standard InChI is InChI=1S/C25H29N5O4/c1-16-6-5-11-30-18(16)14-27-22(30)25(8-9-25)28-21(31)19-20-17(7-10-26-19)15-29(12-13-33-20)23(32)34-24(2,3)4/h5-7,10-11,14H,8-9,12-13,15H2,1-4H3,(H,28,31). The van der Waals surface area contributed by atoms with Crippen molar-refractivity contribution in [1.82, 2.24) is 24.6 Å². The third-order valence-corrected chi connectivity index (χ3v) is 6.13. The van der Waals surface area contributed by atoms with Crippen LogP contribution in [0.1, 0.15) is 61.1 Å². The van der Waals surface area contributed by atoms with Gasteiger partial charge >= 0.3 is 6.09 Å². The number of carbonyl (C=O) groups excluding carboxylic acids is 2. The Kier molecular flexibility index (Phi) is 5.22. The molecule has 2 amide bonds. The molecule has 1 aliphatic carbocycles. The zero-order valence-corrected chi connectivity index (χ0v) is 19.9. The van der Waals surface area contributed by atoms with E-state index >= 15 is 0 Å². The lowest BCUT2D eigenvalue weighted by Crippen LogP contribution is -2.37. The van der Waals surface area contributed by atoms with Gasteiger partial charge in [-0.05, 0) is 58.2 Å². The van der Waals surface area contributed by atoms with Gasteiger partial charge < -0.3 is 24.1 Å². The van der Waals surface area contributed by atoms with Crippen molar-refractivity contribution in [2.45, 2.75) is 58.2 Å². The summed E-state index contributed by atoms with van der Waals surface area (Å²) in [6.07, 6.45) is 6.58. The Hall–Kier alpha value is -3.62. The average Bonchev–Trinajstić information content (AvgIpc) is 3.46. The fraction of sp³-hybridized carbons (Fsp3) is 0.440. The SMILES string of the molecule is Cc1cccn2c(C3(NC(=O)c4nccc5c4OCCN(C(=O)OC(C)(C)C)C5)CC3)ncc12. The summed E-state index contributed by atoms with van der Waals surface area (Å²) in [6.45, 7) is 8.41. The van der Waals surface area contributed by atoms with Crippen LogP contribution in [0.25, 0.3) is 5.52 Å². The average molecular weight is 464 g/mol. The van der Waals surface area contributed by atoms with Crippen LogP contribution in [0, 0.1) is 6.92 Å². The molecule has 0 atom stereocenters. The summed E-state index contributed by atoms with van der Waals surface area (Å²) in [7, 11) is 0. The molecule has 5 rings (SSSR count). The molecule has 0 saturated heterocycles. The highest BCUT2D eigenvalue weighted by atomic mass is 16.6. The molecular weight excluding hydrogens is 434 g/mol. The number of fused-ring (bicyclic) bond motifs is 2. The number of aryl methyl sites for hydroxylation is 1. The number of hydrogen-bond donors (Lipinski definition) is 1. The largest absolute Gasteiger partial charge is 0.489 e. The van der Waals surface area contributed by atoms with E-state index in [-0.39, 0.29) is 24.8 Å². The van der Waals surface area contributed by atoms with Gasteiger partial charge in [0.25, 0.3) is 5.91 Å². The fourth-order valence-corrected chi connectivity index (χ4v) is 4.28. The first kappa shape index (κ1) is 22.2. The number of pyridine rings is 2. The van der Waals surface area contributed by atoms with Crippen LogP contribution in [0.2, 0.25) is 0 Å². The lowest BCUT2D eigenvalue weighted by molar-refractivity contribution is 0.0225. The van der Waals surface area contributed by atoms with Gasteiger partial charge in [0.05, 0.1) is 30.3 Å². The second kappa shape index (κ2) is 8.00. The maximum absolute atomic E-state index is 13.4. The molecule has 1 saturated carbocycles. The van der Waals surface area contributed by atoms with E-state index in [0.717, 1.165) is 35.3 Å². The number of nitrogens with one attached hydrogen (secondary N) is 1. The predicted octanol–water partition coefficient (Wildman–Crippen LogP) is 3.59. The summed E-state index contributed by atoms with van der Waals surface area (Å²) >= 11 is 0. The summed E-state index contributed by atoms with van der Waals surface area (Å²) in [5.41, 5.74) is 1.96. The molecule has 0 unspecified atom stereocenters. The Balaban J connectivity index is 1.39. The molecule has 0 spiro atoms. The lowest BCUT2D eigenvalue weighted by atomic mass is 10.1. The fourth-order valence-electron chi connectivity index (χ4n) is 4.28. The van der Waals surface area contributed by atoms with Gasteiger partial charge in [0.1, 0.15) is 18.0 Å². The highest BCUT2D eigenvalue weighted by molar-refractivity contribution is 5.96. The topological polar surface area (TPSA) is 98.1 Å². The van der Waals surface area contributed by atoms with Crippen LogP contribution in [-0.4, -0.2) is 50.0 Å². The van der Waals surface area contributed by atoms with Crippen LogP contribution in [0.15, 0.2) is 36.8 Å². The van der Waals surface area contributed by atoms with Gasteiger partial charge in [-0.3, -0.25) is 4.79 Å². The van der Waals surface area contributed by atoms with Crippen molar-refractivity contribution >= 4 is 17.5 Å². The van der Waals surface area contributed by atoms with Crippen molar-refractivity contribution in [2.24, 2.45) is 0 Å². The number of ether oxygens (including phenoxy) is 2. The molecule has 3 aromatic rings. The minimum atomic E-state index is -0.593. The molecule has 9 heteroatoms. The highest BCUT2D eigenvalue weighted by Gasteiger charge is 2.49. The monoisotopic (exact) mass is 463 g/mol. The Labute approximate surface area is 198 Å². The van der Waals surface area contributed by atoms with Crippen molar-refractivity contribution in [2.75, 3.05) is 13.2 Å². The van der Waals surface area contributed by atoms with Gasteiger partial charge in [0.2, 0.25) is 0 Å². The van der Waals surface area contributed by atoms with Gasteiger partial charge in [-0.2, -0.15) is 0 Å². The molecule has 0 aromatic carbocycles. The van der Waals surface area contributed by atoms with E-state index in [4.69, 9.17) is 9.47 Å². The number of aromatic nitrogens is 3. The Morgan fingerprint density at radius 2 is 2.00 bits per heavy atom. The minimum Gasteiger partial charge on any atom is -0.489 e. The predicted molar refractivity (Wildman–Crippen MR) is 125 cm³/mol. The molecule has 0 bridgehead atoms. The highest BCUT2D eigenvalue weighted by Crippen LogP contribution is 2.45. The van der Waals surface area contributed by atoms with E-state index in [1.165, 1.54) is 0 Å². The smallest absolute Gasteiger partial charge is 0.410 e. The summed E-state index contributed by atoms with van der Waals surface area (Å²) in [5, 5.41) is 3.16. The lowest BCUT2D eigenvalue weighted by Gasteiger charge is -2.26. The van der Waals surface area contributed by atoms with Crippen molar-refractivity contribution in [3.05, 3.63) is 59.4 Å². The number of hydrogen-bond acceptors (Lipinski definition) is 6. The third-order valence-electron chi connectivity index (χ3n) is 6.13. The third kappa shape index (κ3) is 4.06. The molecule has 1 N–H and O–H groups in total. The van der Waals surface area contributed by atoms with Crippen LogP contribution in [0.4, 0.5) is 4.79 Å². The minimum absolute atomic E-state index is 0.215. The first-order chi connectivity index (χ1) is 16.2. The quantitative estimate of drug-likeness (QED) is 0.638. The molecule has 34 heavy (non-hydrogen) atoms. The molecule has 1 aliphatic heterocycles. The summed E-state index contributed by atoms with van der Waals surface area (Å²) in [6, 6.07) is 5.79. The summed E-state index contributed by atoms with van der Waals surface area (Å²) in [4.78, 5) is 36.5. The molecule has 3 aromatic heterocycles. The van der Waals surface area contributed by atoms with Gasteiger partial charge in [-0.25, -0.2) is 14.8 Å².